The van der Waals surface area contributed by atoms with Gasteiger partial charge in [-0.1, -0.05) is 30.3 Å². The van der Waals surface area contributed by atoms with Crippen molar-refractivity contribution in [1.29, 1.82) is 0 Å². The zero-order chi connectivity index (χ0) is 17.4. The number of hydrogen-bond acceptors (Lipinski definition) is 3. The Bertz CT molecular complexity index is 728. The second-order valence-electron chi connectivity index (χ2n) is 5.15. The molecule has 0 heterocycles. The fourth-order valence-corrected chi connectivity index (χ4v) is 2.29. The second kappa shape index (κ2) is 9.17. The number of benzene rings is 2. The average Bonchev–Trinajstić information content (AvgIpc) is 2.60. The van der Waals surface area contributed by atoms with Crippen LogP contribution in [0.25, 0.3) is 0 Å². The molecule has 2 aromatic rings. The largest absolute Gasteiger partial charge is 0.326 e. The molecule has 5 nitrogen and oxygen atoms in total. The summed E-state index contributed by atoms with van der Waals surface area (Å²) in [5, 5.41) is 6.81. The molecule has 0 aliphatic heterocycles. The van der Waals surface area contributed by atoms with Crippen LogP contribution in [0, 0.1) is 3.57 Å². The van der Waals surface area contributed by atoms with Gasteiger partial charge in [-0.3, -0.25) is 9.59 Å². The molecule has 24 heavy (non-hydrogen) atoms. The maximum atomic E-state index is 11.8. The molecule has 124 valence electrons. The van der Waals surface area contributed by atoms with Gasteiger partial charge in [0.2, 0.25) is 11.8 Å². The molecule has 2 N–H and O–H groups in total. The Morgan fingerprint density at radius 2 is 1.58 bits per heavy atom. The number of amides is 2. The fourth-order valence-electron chi connectivity index (χ4n) is 1.93. The SMILES string of the molecule is C/C(=N\NC(=O)CCC(=O)Nc1ccc(I)cc1)c1ccccc1. The van der Waals surface area contributed by atoms with E-state index in [9.17, 15) is 9.59 Å². The van der Waals surface area contributed by atoms with Gasteiger partial charge < -0.3 is 5.32 Å². The molecule has 0 atom stereocenters. The van der Waals surface area contributed by atoms with Crippen LogP contribution in [0.2, 0.25) is 0 Å². The third kappa shape index (κ3) is 6.11. The molecule has 0 aromatic heterocycles. The zero-order valence-electron chi connectivity index (χ0n) is 13.3. The molecule has 0 aliphatic rings. The minimum absolute atomic E-state index is 0.0851. The van der Waals surface area contributed by atoms with Gasteiger partial charge in [0.15, 0.2) is 0 Å². The van der Waals surface area contributed by atoms with E-state index in [0.717, 1.165) is 14.8 Å². The maximum Gasteiger partial charge on any atom is 0.240 e. The molecular formula is C18H18IN3O2. The van der Waals surface area contributed by atoms with Crippen molar-refractivity contribution < 1.29 is 9.59 Å². The van der Waals surface area contributed by atoms with Gasteiger partial charge in [0.1, 0.15) is 0 Å². The first-order valence-corrected chi connectivity index (χ1v) is 8.56. The Morgan fingerprint density at radius 1 is 0.958 bits per heavy atom. The van der Waals surface area contributed by atoms with Gasteiger partial charge in [-0.05, 0) is 59.3 Å². The highest BCUT2D eigenvalue weighted by molar-refractivity contribution is 14.1. The van der Waals surface area contributed by atoms with Crippen molar-refractivity contribution in [2.45, 2.75) is 19.8 Å². The Kier molecular flexibility index (Phi) is 6.92. The van der Waals surface area contributed by atoms with E-state index in [1.807, 2.05) is 61.5 Å². The molecule has 0 fully saturated rings. The Hall–Kier alpha value is -2.22. The first-order valence-electron chi connectivity index (χ1n) is 7.48. The van der Waals surface area contributed by atoms with Crippen molar-refractivity contribution in [2.24, 2.45) is 5.10 Å². The number of nitrogens with zero attached hydrogens (tertiary/aromatic N) is 1. The number of anilines is 1. The zero-order valence-corrected chi connectivity index (χ0v) is 15.4. The molecule has 0 radical (unpaired) electrons. The molecule has 6 heteroatoms. The van der Waals surface area contributed by atoms with E-state index in [4.69, 9.17) is 0 Å². The third-order valence-electron chi connectivity index (χ3n) is 3.25. The van der Waals surface area contributed by atoms with Crippen LogP contribution in [0.3, 0.4) is 0 Å². The van der Waals surface area contributed by atoms with Gasteiger partial charge in [0.05, 0.1) is 5.71 Å². The van der Waals surface area contributed by atoms with Gasteiger partial charge in [0.25, 0.3) is 0 Å². The summed E-state index contributed by atoms with van der Waals surface area (Å²) in [5.41, 5.74) is 4.85. The molecule has 2 aromatic carbocycles. The third-order valence-corrected chi connectivity index (χ3v) is 3.97. The van der Waals surface area contributed by atoms with Crippen molar-refractivity contribution in [3.63, 3.8) is 0 Å². The first-order chi connectivity index (χ1) is 11.5. The molecule has 0 unspecified atom stereocenters. The lowest BCUT2D eigenvalue weighted by molar-refractivity contribution is -0.124. The van der Waals surface area contributed by atoms with Crippen LogP contribution in [0.4, 0.5) is 5.69 Å². The van der Waals surface area contributed by atoms with E-state index in [2.05, 4.69) is 38.4 Å². The van der Waals surface area contributed by atoms with E-state index < -0.39 is 0 Å². The summed E-state index contributed by atoms with van der Waals surface area (Å²) in [7, 11) is 0. The molecule has 0 saturated carbocycles. The van der Waals surface area contributed by atoms with E-state index in [0.29, 0.717) is 5.71 Å². The summed E-state index contributed by atoms with van der Waals surface area (Å²) >= 11 is 2.20. The van der Waals surface area contributed by atoms with Crippen molar-refractivity contribution >= 4 is 45.8 Å². The second-order valence-corrected chi connectivity index (χ2v) is 6.40. The Morgan fingerprint density at radius 3 is 2.25 bits per heavy atom. The number of carbonyl (C=O) groups excluding carboxylic acids is 2. The highest BCUT2D eigenvalue weighted by Crippen LogP contribution is 2.11. The summed E-state index contributed by atoms with van der Waals surface area (Å²) < 4.78 is 1.09. The topological polar surface area (TPSA) is 70.6 Å². The maximum absolute atomic E-state index is 11.8. The number of rotatable bonds is 6. The highest BCUT2D eigenvalue weighted by Gasteiger charge is 2.07. The number of carbonyl (C=O) groups is 2. The first kappa shape index (κ1) is 18.1. The van der Waals surface area contributed by atoms with E-state index in [1.54, 1.807) is 0 Å². The lowest BCUT2D eigenvalue weighted by atomic mass is 10.1. The van der Waals surface area contributed by atoms with Crippen molar-refractivity contribution in [3.05, 3.63) is 63.7 Å². The monoisotopic (exact) mass is 435 g/mol. The molecule has 0 bridgehead atoms. The van der Waals surface area contributed by atoms with Crippen molar-refractivity contribution in [1.82, 2.24) is 5.43 Å². The molecule has 2 rings (SSSR count). The van der Waals surface area contributed by atoms with Crippen LogP contribution in [-0.2, 0) is 9.59 Å². The lowest BCUT2D eigenvalue weighted by Crippen LogP contribution is -2.21. The van der Waals surface area contributed by atoms with E-state index >= 15 is 0 Å². The van der Waals surface area contributed by atoms with E-state index in [1.165, 1.54) is 0 Å². The normalized spacial score (nSPS) is 11.0. The predicted molar refractivity (Wildman–Crippen MR) is 104 cm³/mol. The summed E-state index contributed by atoms with van der Waals surface area (Å²) in [4.78, 5) is 23.6. The van der Waals surface area contributed by atoms with Crippen LogP contribution < -0.4 is 10.7 Å². The van der Waals surface area contributed by atoms with Crippen LogP contribution in [0.5, 0.6) is 0 Å². The Balaban J connectivity index is 1.76. The van der Waals surface area contributed by atoms with Gasteiger partial charge in [-0.15, -0.1) is 0 Å². The summed E-state index contributed by atoms with van der Waals surface area (Å²) in [6, 6.07) is 17.0. The van der Waals surface area contributed by atoms with Gasteiger partial charge in [0, 0.05) is 22.1 Å². The van der Waals surface area contributed by atoms with Crippen LogP contribution in [0.1, 0.15) is 25.3 Å². The fraction of sp³-hybridized carbons (Fsp3) is 0.167. The number of halogens is 1. The van der Waals surface area contributed by atoms with E-state index in [-0.39, 0.29) is 24.7 Å². The number of hydrogen-bond donors (Lipinski definition) is 2. The standard InChI is InChI=1S/C18H18IN3O2/c1-13(14-5-3-2-4-6-14)21-22-18(24)12-11-17(23)20-16-9-7-15(19)8-10-16/h2-10H,11-12H2,1H3,(H,20,23)(H,22,24)/b21-13+. The van der Waals surface area contributed by atoms with Gasteiger partial charge in [-0.2, -0.15) is 5.10 Å². The molecule has 0 saturated heterocycles. The summed E-state index contributed by atoms with van der Waals surface area (Å²) in [6.07, 6.45) is 0.194. The summed E-state index contributed by atoms with van der Waals surface area (Å²) in [6.45, 7) is 1.82. The smallest absolute Gasteiger partial charge is 0.240 e. The van der Waals surface area contributed by atoms with Crippen LogP contribution in [-0.4, -0.2) is 17.5 Å². The lowest BCUT2D eigenvalue weighted by Gasteiger charge is -2.05. The van der Waals surface area contributed by atoms with Crippen molar-refractivity contribution in [3.8, 4) is 0 Å². The minimum atomic E-state index is -0.289. The van der Waals surface area contributed by atoms with Gasteiger partial charge >= 0.3 is 0 Å². The van der Waals surface area contributed by atoms with Gasteiger partial charge in [-0.25, -0.2) is 5.43 Å². The predicted octanol–water partition coefficient (Wildman–Crippen LogP) is 3.55. The molecular weight excluding hydrogens is 417 g/mol. The highest BCUT2D eigenvalue weighted by atomic mass is 127. The van der Waals surface area contributed by atoms with Crippen LogP contribution in [0.15, 0.2) is 59.7 Å². The summed E-state index contributed by atoms with van der Waals surface area (Å²) in [5.74, 6) is -0.488. The minimum Gasteiger partial charge on any atom is -0.326 e. The quantitative estimate of drug-likeness (QED) is 0.414. The number of nitrogens with one attached hydrogen (secondary N) is 2. The molecule has 0 aliphatic carbocycles. The van der Waals surface area contributed by atoms with Crippen molar-refractivity contribution in [2.75, 3.05) is 5.32 Å². The molecule has 0 spiro atoms. The Labute approximate surface area is 154 Å². The van der Waals surface area contributed by atoms with Crippen LogP contribution >= 0.6 is 22.6 Å². The number of hydrazone groups is 1. The molecule has 2 amide bonds. The average molecular weight is 435 g/mol.